The quantitative estimate of drug-likeness (QED) is 0.563. The Morgan fingerprint density at radius 3 is 2.92 bits per heavy atom. The molecule has 0 bridgehead atoms. The van der Waals surface area contributed by atoms with E-state index in [1.165, 1.54) is 6.92 Å². The van der Waals surface area contributed by atoms with Crippen molar-refractivity contribution in [2.45, 2.75) is 6.92 Å². The van der Waals surface area contributed by atoms with Gasteiger partial charge in [0.05, 0.1) is 0 Å². The predicted molar refractivity (Wildman–Crippen MR) is 50.7 cm³/mol. The zero-order valence-corrected chi connectivity index (χ0v) is 8.45. The smallest absolute Gasteiger partial charge is 0.217 e. The molecule has 0 spiro atoms. The highest BCUT2D eigenvalue weighted by Gasteiger charge is 2.08. The molecule has 2 aromatic rings. The zero-order valence-electron chi connectivity index (χ0n) is 6.86. The van der Waals surface area contributed by atoms with Crippen molar-refractivity contribution in [1.29, 1.82) is 0 Å². The van der Waals surface area contributed by atoms with Gasteiger partial charge in [0.2, 0.25) is 5.82 Å². The Morgan fingerprint density at radius 2 is 2.31 bits per heavy atom. The van der Waals surface area contributed by atoms with E-state index in [4.69, 9.17) is 0 Å². The number of hydrogen-bond acceptors (Lipinski definition) is 3. The van der Waals surface area contributed by atoms with E-state index in [0.29, 0.717) is 5.65 Å². The van der Waals surface area contributed by atoms with E-state index in [1.54, 1.807) is 10.6 Å². The monoisotopic (exact) mass is 239 g/mol. The molecule has 2 rings (SSSR count). The highest BCUT2D eigenvalue weighted by molar-refractivity contribution is 9.10. The van der Waals surface area contributed by atoms with Gasteiger partial charge in [-0.1, -0.05) is 6.07 Å². The largest absolute Gasteiger partial charge is 0.291 e. The minimum Gasteiger partial charge on any atom is -0.291 e. The van der Waals surface area contributed by atoms with E-state index < -0.39 is 0 Å². The summed E-state index contributed by atoms with van der Waals surface area (Å²) in [6, 6.07) is 5.48. The van der Waals surface area contributed by atoms with Crippen molar-refractivity contribution in [1.82, 2.24) is 14.6 Å². The first kappa shape index (κ1) is 8.37. The van der Waals surface area contributed by atoms with Gasteiger partial charge < -0.3 is 0 Å². The van der Waals surface area contributed by atoms with Crippen LogP contribution in [0.2, 0.25) is 0 Å². The fourth-order valence-electron chi connectivity index (χ4n) is 1.02. The molecule has 0 aliphatic carbocycles. The SMILES string of the molecule is CC(=O)c1nc2cccc(Br)n2n1. The highest BCUT2D eigenvalue weighted by Crippen LogP contribution is 2.11. The summed E-state index contributed by atoms with van der Waals surface area (Å²) in [4.78, 5) is 15.0. The highest BCUT2D eigenvalue weighted by atomic mass is 79.9. The summed E-state index contributed by atoms with van der Waals surface area (Å²) < 4.78 is 2.36. The molecule has 0 N–H and O–H groups in total. The van der Waals surface area contributed by atoms with E-state index in [-0.39, 0.29) is 11.6 Å². The number of hydrogen-bond donors (Lipinski definition) is 0. The minimum absolute atomic E-state index is 0.129. The van der Waals surface area contributed by atoms with Crippen molar-refractivity contribution in [2.24, 2.45) is 0 Å². The number of aromatic nitrogens is 3. The maximum absolute atomic E-state index is 11.0. The Bertz CT molecular complexity index is 477. The molecular weight excluding hydrogens is 234 g/mol. The van der Waals surface area contributed by atoms with Crippen molar-refractivity contribution < 1.29 is 4.79 Å². The maximum Gasteiger partial charge on any atom is 0.217 e. The molecule has 0 aliphatic rings. The number of rotatable bonds is 1. The van der Waals surface area contributed by atoms with Crippen LogP contribution in [0.25, 0.3) is 5.65 Å². The van der Waals surface area contributed by atoms with Crippen LogP contribution < -0.4 is 0 Å². The van der Waals surface area contributed by atoms with Gasteiger partial charge in [-0.3, -0.25) is 4.79 Å². The number of ketones is 1. The van der Waals surface area contributed by atoms with Gasteiger partial charge in [0, 0.05) is 6.92 Å². The van der Waals surface area contributed by atoms with Crippen molar-refractivity contribution in [2.75, 3.05) is 0 Å². The van der Waals surface area contributed by atoms with Crippen LogP contribution in [0.3, 0.4) is 0 Å². The van der Waals surface area contributed by atoms with Crippen molar-refractivity contribution in [3.05, 3.63) is 28.6 Å². The van der Waals surface area contributed by atoms with E-state index in [2.05, 4.69) is 26.0 Å². The number of fused-ring (bicyclic) bond motifs is 1. The lowest BCUT2D eigenvalue weighted by molar-refractivity contribution is 0.100. The fraction of sp³-hybridized carbons (Fsp3) is 0.125. The molecule has 0 atom stereocenters. The number of pyridine rings is 1. The second-order valence-electron chi connectivity index (χ2n) is 2.61. The Kier molecular flexibility index (Phi) is 1.88. The van der Waals surface area contributed by atoms with Crippen LogP contribution in [-0.4, -0.2) is 20.4 Å². The lowest BCUT2D eigenvalue weighted by Crippen LogP contribution is -1.95. The number of carbonyl (C=O) groups excluding carboxylic acids is 1. The molecule has 66 valence electrons. The molecule has 2 aromatic heterocycles. The third-order valence-corrected chi connectivity index (χ3v) is 2.23. The summed E-state index contributed by atoms with van der Waals surface area (Å²) in [5.74, 6) is 0.113. The van der Waals surface area contributed by atoms with Crippen LogP contribution in [0.4, 0.5) is 0 Å². The van der Waals surface area contributed by atoms with Crippen LogP contribution >= 0.6 is 15.9 Å². The minimum atomic E-state index is -0.129. The van der Waals surface area contributed by atoms with Gasteiger partial charge in [-0.25, -0.2) is 9.50 Å². The van der Waals surface area contributed by atoms with Gasteiger partial charge in [-0.2, -0.15) is 0 Å². The lowest BCUT2D eigenvalue weighted by atomic mass is 10.4. The van der Waals surface area contributed by atoms with Gasteiger partial charge in [0.25, 0.3) is 0 Å². The predicted octanol–water partition coefficient (Wildman–Crippen LogP) is 1.69. The van der Waals surface area contributed by atoms with Crippen molar-refractivity contribution in [3.8, 4) is 0 Å². The summed E-state index contributed by atoms with van der Waals surface area (Å²) in [7, 11) is 0. The van der Waals surface area contributed by atoms with Crippen LogP contribution in [0.5, 0.6) is 0 Å². The molecule has 5 heteroatoms. The van der Waals surface area contributed by atoms with E-state index >= 15 is 0 Å². The third kappa shape index (κ3) is 1.35. The number of halogens is 1. The molecule has 4 nitrogen and oxygen atoms in total. The van der Waals surface area contributed by atoms with Gasteiger partial charge in [-0.05, 0) is 28.1 Å². The molecule has 0 aliphatic heterocycles. The molecule has 13 heavy (non-hydrogen) atoms. The fourth-order valence-corrected chi connectivity index (χ4v) is 1.44. The first-order valence-corrected chi connectivity index (χ1v) is 4.50. The maximum atomic E-state index is 11.0. The first-order chi connectivity index (χ1) is 6.18. The summed E-state index contributed by atoms with van der Waals surface area (Å²) in [5, 5.41) is 4.02. The Hall–Kier alpha value is -1.23. The Morgan fingerprint density at radius 1 is 1.54 bits per heavy atom. The van der Waals surface area contributed by atoms with Gasteiger partial charge in [-0.15, -0.1) is 5.10 Å². The molecule has 0 saturated carbocycles. The van der Waals surface area contributed by atoms with Crippen molar-refractivity contribution >= 4 is 27.4 Å². The van der Waals surface area contributed by atoms with Crippen LogP contribution in [0, 0.1) is 0 Å². The van der Waals surface area contributed by atoms with Crippen LogP contribution in [-0.2, 0) is 0 Å². The Labute approximate surface area is 82.7 Å². The van der Waals surface area contributed by atoms with Gasteiger partial charge in [0.15, 0.2) is 11.4 Å². The van der Waals surface area contributed by atoms with E-state index in [9.17, 15) is 4.79 Å². The lowest BCUT2D eigenvalue weighted by Gasteiger charge is -1.91. The topological polar surface area (TPSA) is 47.3 Å². The number of Topliss-reactive ketones (excluding diaryl/α,β-unsaturated/α-hetero) is 1. The van der Waals surface area contributed by atoms with Crippen LogP contribution in [0.1, 0.15) is 17.5 Å². The first-order valence-electron chi connectivity index (χ1n) is 3.71. The third-order valence-electron chi connectivity index (χ3n) is 1.63. The average molecular weight is 240 g/mol. The van der Waals surface area contributed by atoms with E-state index in [1.807, 2.05) is 12.1 Å². The number of carbonyl (C=O) groups is 1. The average Bonchev–Trinajstić information content (AvgIpc) is 2.49. The second kappa shape index (κ2) is 2.92. The van der Waals surface area contributed by atoms with E-state index in [0.717, 1.165) is 4.60 Å². The second-order valence-corrected chi connectivity index (χ2v) is 3.42. The normalized spacial score (nSPS) is 10.6. The number of nitrogens with zero attached hydrogens (tertiary/aromatic N) is 3. The van der Waals surface area contributed by atoms with Crippen LogP contribution in [0.15, 0.2) is 22.8 Å². The summed E-state index contributed by atoms with van der Waals surface area (Å²) in [6.45, 7) is 1.45. The molecule has 0 amide bonds. The summed E-state index contributed by atoms with van der Waals surface area (Å²) in [6.07, 6.45) is 0. The molecule has 0 fully saturated rings. The summed E-state index contributed by atoms with van der Waals surface area (Å²) >= 11 is 3.31. The van der Waals surface area contributed by atoms with Crippen molar-refractivity contribution in [3.63, 3.8) is 0 Å². The molecule has 0 unspecified atom stereocenters. The molecule has 0 radical (unpaired) electrons. The zero-order chi connectivity index (χ0) is 9.42. The molecule has 0 aromatic carbocycles. The molecule has 2 heterocycles. The molecule has 0 saturated heterocycles. The Balaban J connectivity index is 2.75. The standard InChI is InChI=1S/C8H6BrN3O/c1-5(13)8-10-7-4-2-3-6(9)12(7)11-8/h2-4H,1H3. The van der Waals surface area contributed by atoms with Gasteiger partial charge in [0.1, 0.15) is 4.60 Å². The molecular formula is C8H6BrN3O. The van der Waals surface area contributed by atoms with Gasteiger partial charge >= 0.3 is 0 Å². The summed E-state index contributed by atoms with van der Waals surface area (Å²) in [5.41, 5.74) is 0.666.